The molecule has 4 N–H and O–H groups in total. The summed E-state index contributed by atoms with van der Waals surface area (Å²) in [5, 5.41) is 15.4. The number of halogens is 1. The van der Waals surface area contributed by atoms with E-state index in [-0.39, 0.29) is 5.41 Å². The Hall–Kier alpha value is -1.23. The Morgan fingerprint density at radius 3 is 2.38 bits per heavy atom. The van der Waals surface area contributed by atoms with Crippen LogP contribution in [0.4, 0.5) is 5.69 Å². The maximum absolute atomic E-state index is 8.75. The Morgan fingerprint density at radius 1 is 1.29 bits per heavy atom. The molecule has 0 aromatic heterocycles. The molecular weight excluding hydrogens is 330 g/mol. The molecule has 0 aliphatic carbocycles. The highest BCUT2D eigenvalue weighted by atomic mass is 79.9. The molecule has 21 heavy (non-hydrogen) atoms. The molecule has 0 aliphatic rings. The Labute approximate surface area is 135 Å². The molecule has 0 spiro atoms. The van der Waals surface area contributed by atoms with Gasteiger partial charge in [-0.2, -0.15) is 0 Å². The van der Waals surface area contributed by atoms with Gasteiger partial charge >= 0.3 is 0 Å². The number of nitrogens with one attached hydrogen (secondary N) is 1. The van der Waals surface area contributed by atoms with E-state index >= 15 is 0 Å². The Bertz CT molecular complexity index is 489. The van der Waals surface area contributed by atoms with E-state index in [2.05, 4.69) is 52.4 Å². The summed E-state index contributed by atoms with van der Waals surface area (Å²) in [6.45, 7) is 9.15. The minimum absolute atomic E-state index is 0.252. The molecule has 0 aliphatic heterocycles. The van der Waals surface area contributed by atoms with Crippen LogP contribution in [-0.4, -0.2) is 17.6 Å². The summed E-state index contributed by atoms with van der Waals surface area (Å²) in [6, 6.07) is 4.24. The summed E-state index contributed by atoms with van der Waals surface area (Å²) in [7, 11) is 0. The first kappa shape index (κ1) is 17.8. The Kier molecular flexibility index (Phi) is 6.52. The summed E-state index contributed by atoms with van der Waals surface area (Å²) < 4.78 is 1.11. The number of hydrogen-bond acceptors (Lipinski definition) is 3. The van der Waals surface area contributed by atoms with Crippen molar-refractivity contribution in [1.82, 2.24) is 0 Å². The lowest BCUT2D eigenvalue weighted by Gasteiger charge is -2.22. The molecule has 0 bridgehead atoms. The minimum atomic E-state index is -0.252. The molecule has 0 amide bonds. The van der Waals surface area contributed by atoms with Gasteiger partial charge in [0.15, 0.2) is 0 Å². The molecule has 1 rings (SSSR count). The van der Waals surface area contributed by atoms with Crippen LogP contribution >= 0.6 is 15.9 Å². The van der Waals surface area contributed by atoms with Crippen molar-refractivity contribution >= 4 is 27.5 Å². The van der Waals surface area contributed by atoms with Crippen molar-refractivity contribution in [3.05, 3.63) is 27.7 Å². The van der Waals surface area contributed by atoms with E-state index in [4.69, 9.17) is 10.9 Å². The van der Waals surface area contributed by atoms with E-state index in [0.717, 1.165) is 30.3 Å². The number of amidine groups is 1. The van der Waals surface area contributed by atoms with E-state index in [1.165, 1.54) is 16.8 Å². The van der Waals surface area contributed by atoms with Crippen LogP contribution in [0, 0.1) is 19.3 Å². The molecule has 0 heterocycles. The van der Waals surface area contributed by atoms with Crippen LogP contribution in [0.5, 0.6) is 0 Å². The Balaban J connectivity index is 2.42. The summed E-state index contributed by atoms with van der Waals surface area (Å²) >= 11 is 3.51. The predicted molar refractivity (Wildman–Crippen MR) is 93.1 cm³/mol. The first-order chi connectivity index (χ1) is 9.77. The maximum Gasteiger partial charge on any atom is 0.144 e. The molecule has 0 saturated heterocycles. The zero-order chi connectivity index (χ0) is 16.0. The first-order valence-electron chi connectivity index (χ1n) is 7.26. The van der Waals surface area contributed by atoms with Crippen molar-refractivity contribution in [2.24, 2.45) is 16.3 Å². The van der Waals surface area contributed by atoms with Crippen LogP contribution in [0.1, 0.15) is 44.2 Å². The summed E-state index contributed by atoms with van der Waals surface area (Å²) in [5.74, 6) is 0.301. The predicted octanol–water partition coefficient (Wildman–Crippen LogP) is 4.42. The van der Waals surface area contributed by atoms with E-state index in [1.54, 1.807) is 0 Å². The quantitative estimate of drug-likeness (QED) is 0.223. The van der Waals surface area contributed by atoms with Crippen molar-refractivity contribution in [2.75, 3.05) is 11.9 Å². The van der Waals surface area contributed by atoms with Gasteiger partial charge in [-0.25, -0.2) is 0 Å². The summed E-state index contributed by atoms with van der Waals surface area (Å²) in [6.07, 6.45) is 2.99. The fourth-order valence-corrected chi connectivity index (χ4v) is 3.05. The van der Waals surface area contributed by atoms with Gasteiger partial charge in [-0.3, -0.25) is 0 Å². The van der Waals surface area contributed by atoms with Gasteiger partial charge in [0.05, 0.1) is 0 Å². The van der Waals surface area contributed by atoms with E-state index in [1.807, 2.05) is 13.8 Å². The average molecular weight is 356 g/mol. The lowest BCUT2D eigenvalue weighted by molar-refractivity contribution is 0.304. The third kappa shape index (κ3) is 5.23. The first-order valence-corrected chi connectivity index (χ1v) is 8.06. The number of aryl methyl sites for hydroxylation is 2. The smallest absolute Gasteiger partial charge is 0.144 e. The highest BCUT2D eigenvalue weighted by molar-refractivity contribution is 9.10. The van der Waals surface area contributed by atoms with Gasteiger partial charge in [0.1, 0.15) is 5.84 Å². The molecule has 0 atom stereocenters. The number of nitrogens with zero attached hydrogens (tertiary/aromatic N) is 1. The van der Waals surface area contributed by atoms with Gasteiger partial charge in [-0.1, -0.05) is 41.4 Å². The largest absolute Gasteiger partial charge is 0.409 e. The lowest BCUT2D eigenvalue weighted by atomic mass is 9.86. The van der Waals surface area contributed by atoms with Gasteiger partial charge in [-0.05, 0) is 49.9 Å². The zero-order valence-electron chi connectivity index (χ0n) is 13.3. The third-order valence-corrected chi connectivity index (χ3v) is 4.29. The summed E-state index contributed by atoms with van der Waals surface area (Å²) in [5.41, 5.74) is 9.15. The van der Waals surface area contributed by atoms with Crippen molar-refractivity contribution < 1.29 is 5.21 Å². The van der Waals surface area contributed by atoms with Gasteiger partial charge in [-0.15, -0.1) is 0 Å². The van der Waals surface area contributed by atoms with E-state index in [0.29, 0.717) is 5.84 Å². The molecule has 1 aromatic carbocycles. The van der Waals surface area contributed by atoms with Crippen LogP contribution in [-0.2, 0) is 0 Å². The highest BCUT2D eigenvalue weighted by Crippen LogP contribution is 2.26. The number of nitrogens with two attached hydrogens (primary N) is 1. The number of anilines is 1. The van der Waals surface area contributed by atoms with E-state index in [9.17, 15) is 0 Å². The lowest BCUT2D eigenvalue weighted by Crippen LogP contribution is -2.31. The fourth-order valence-electron chi connectivity index (χ4n) is 2.36. The summed E-state index contributed by atoms with van der Waals surface area (Å²) in [4.78, 5) is 0. The van der Waals surface area contributed by atoms with E-state index < -0.39 is 0 Å². The fraction of sp³-hybridized carbons (Fsp3) is 0.562. The highest BCUT2D eigenvalue weighted by Gasteiger charge is 2.22. The number of rotatable bonds is 7. The molecule has 0 fully saturated rings. The van der Waals surface area contributed by atoms with Gasteiger partial charge < -0.3 is 16.3 Å². The zero-order valence-corrected chi connectivity index (χ0v) is 14.9. The average Bonchev–Trinajstić information content (AvgIpc) is 2.39. The molecule has 0 unspecified atom stereocenters. The number of oxime groups is 1. The normalized spacial score (nSPS) is 12.5. The molecule has 4 nitrogen and oxygen atoms in total. The van der Waals surface area contributed by atoms with Crippen molar-refractivity contribution in [1.29, 1.82) is 0 Å². The standard InChI is InChI=1S/C16H26BrN3O/c1-11-9-13(17)10-12(2)14(11)19-8-6-5-7-16(3,4)15(18)20-21/h9-10,19,21H,5-8H2,1-4H3,(H2,18,20). The second kappa shape index (κ2) is 7.69. The monoisotopic (exact) mass is 355 g/mol. The second-order valence-electron chi connectivity index (χ2n) is 6.17. The van der Waals surface area contributed by atoms with Gasteiger partial charge in [0.25, 0.3) is 0 Å². The Morgan fingerprint density at radius 2 is 1.86 bits per heavy atom. The van der Waals surface area contributed by atoms with Gasteiger partial charge in [0.2, 0.25) is 0 Å². The number of unbranched alkanes of at least 4 members (excludes halogenated alkanes) is 1. The minimum Gasteiger partial charge on any atom is -0.409 e. The van der Waals surface area contributed by atoms with Crippen LogP contribution in [0.3, 0.4) is 0 Å². The molecule has 1 aromatic rings. The third-order valence-electron chi connectivity index (χ3n) is 3.83. The molecule has 0 radical (unpaired) electrons. The van der Waals surface area contributed by atoms with Gasteiger partial charge in [0, 0.05) is 22.1 Å². The SMILES string of the molecule is Cc1cc(Br)cc(C)c1NCCCCC(C)(C)/C(N)=N/O. The molecule has 0 saturated carbocycles. The molecule has 5 heteroatoms. The number of hydrogen-bond donors (Lipinski definition) is 3. The van der Waals surface area contributed by atoms with Crippen molar-refractivity contribution in [2.45, 2.75) is 47.0 Å². The van der Waals surface area contributed by atoms with Crippen LogP contribution in [0.2, 0.25) is 0 Å². The molecule has 118 valence electrons. The van der Waals surface area contributed by atoms with Crippen LogP contribution in [0.25, 0.3) is 0 Å². The number of benzene rings is 1. The van der Waals surface area contributed by atoms with Crippen molar-refractivity contribution in [3.63, 3.8) is 0 Å². The van der Waals surface area contributed by atoms with Crippen LogP contribution < -0.4 is 11.1 Å². The topological polar surface area (TPSA) is 70.6 Å². The molecular formula is C16H26BrN3O. The maximum atomic E-state index is 8.75. The van der Waals surface area contributed by atoms with Crippen LogP contribution in [0.15, 0.2) is 21.8 Å². The van der Waals surface area contributed by atoms with Crippen molar-refractivity contribution in [3.8, 4) is 0 Å². The second-order valence-corrected chi connectivity index (χ2v) is 7.08.